The van der Waals surface area contributed by atoms with E-state index in [9.17, 15) is 0 Å². The van der Waals surface area contributed by atoms with E-state index in [0.29, 0.717) is 19.7 Å². The van der Waals surface area contributed by atoms with Gasteiger partial charge in [0.1, 0.15) is 18.1 Å². The van der Waals surface area contributed by atoms with Gasteiger partial charge >= 0.3 is 0 Å². The fourth-order valence-corrected chi connectivity index (χ4v) is 2.68. The maximum Gasteiger partial charge on any atom is 0.191 e. The van der Waals surface area contributed by atoms with Crippen molar-refractivity contribution >= 4 is 41.3 Å². The number of guanidine groups is 1. The lowest BCUT2D eigenvalue weighted by atomic mass is 10.3. The van der Waals surface area contributed by atoms with Gasteiger partial charge in [-0.05, 0) is 38.1 Å². The molecule has 0 saturated heterocycles. The lowest BCUT2D eigenvalue weighted by Crippen LogP contribution is -2.39. The number of rotatable bonds is 8. The van der Waals surface area contributed by atoms with Crippen LogP contribution in [-0.4, -0.2) is 37.7 Å². The third-order valence-corrected chi connectivity index (χ3v) is 4.21. The predicted octanol–water partition coefficient (Wildman–Crippen LogP) is 3.21. The smallest absolute Gasteiger partial charge is 0.191 e. The van der Waals surface area contributed by atoms with Gasteiger partial charge in [-0.3, -0.25) is 0 Å². The number of aromatic nitrogens is 1. The number of aliphatic imine (C=N–C) groups is 1. The van der Waals surface area contributed by atoms with Crippen LogP contribution in [0.25, 0.3) is 0 Å². The maximum atomic E-state index is 5.69. The van der Waals surface area contributed by atoms with Crippen molar-refractivity contribution in [3.05, 3.63) is 40.3 Å². The number of methoxy groups -OCH3 is 1. The van der Waals surface area contributed by atoms with E-state index in [1.807, 2.05) is 43.6 Å². The summed E-state index contributed by atoms with van der Waals surface area (Å²) in [5, 5.41) is 6.50. The number of thiazole rings is 1. The van der Waals surface area contributed by atoms with Crippen molar-refractivity contribution in [2.24, 2.45) is 4.99 Å². The van der Waals surface area contributed by atoms with Gasteiger partial charge in [0.2, 0.25) is 0 Å². The quantitative estimate of drug-likeness (QED) is 0.265. The van der Waals surface area contributed by atoms with Crippen LogP contribution in [0.3, 0.4) is 0 Å². The zero-order valence-corrected chi connectivity index (χ0v) is 17.9. The fourth-order valence-electron chi connectivity index (χ4n) is 1.98. The van der Waals surface area contributed by atoms with Gasteiger partial charge < -0.3 is 20.1 Å². The second-order valence-electron chi connectivity index (χ2n) is 5.01. The Labute approximate surface area is 170 Å². The second-order valence-corrected chi connectivity index (χ2v) is 5.95. The van der Waals surface area contributed by atoms with Crippen LogP contribution < -0.4 is 20.1 Å². The van der Waals surface area contributed by atoms with E-state index in [1.165, 1.54) is 4.88 Å². The van der Waals surface area contributed by atoms with Crippen LogP contribution in [0.4, 0.5) is 0 Å². The minimum absolute atomic E-state index is 0. The number of halogens is 1. The molecule has 0 aliphatic rings. The SMILES string of the molecule is CCNC(=NCc1scnc1C)NCCOc1ccc(OC)cc1.I. The van der Waals surface area contributed by atoms with E-state index in [2.05, 4.69) is 20.6 Å². The molecule has 0 amide bonds. The monoisotopic (exact) mass is 476 g/mol. The Bertz CT molecular complexity index is 646. The summed E-state index contributed by atoms with van der Waals surface area (Å²) in [7, 11) is 1.65. The van der Waals surface area contributed by atoms with Crippen LogP contribution in [0.2, 0.25) is 0 Å². The molecule has 2 N–H and O–H groups in total. The van der Waals surface area contributed by atoms with Crippen molar-refractivity contribution in [3.63, 3.8) is 0 Å². The summed E-state index contributed by atoms with van der Waals surface area (Å²) >= 11 is 1.63. The van der Waals surface area contributed by atoms with Crippen LogP contribution in [-0.2, 0) is 6.54 Å². The lowest BCUT2D eigenvalue weighted by molar-refractivity contribution is 0.321. The molecule has 1 aromatic heterocycles. The predicted molar refractivity (Wildman–Crippen MR) is 114 cm³/mol. The molecule has 0 bridgehead atoms. The minimum Gasteiger partial charge on any atom is -0.497 e. The summed E-state index contributed by atoms with van der Waals surface area (Å²) in [4.78, 5) is 10.0. The average Bonchev–Trinajstić information content (AvgIpc) is 3.02. The highest BCUT2D eigenvalue weighted by Crippen LogP contribution is 2.16. The van der Waals surface area contributed by atoms with Crippen LogP contribution in [0.5, 0.6) is 11.5 Å². The molecule has 8 heteroatoms. The summed E-state index contributed by atoms with van der Waals surface area (Å²) in [5.41, 5.74) is 2.89. The summed E-state index contributed by atoms with van der Waals surface area (Å²) in [6, 6.07) is 7.55. The van der Waals surface area contributed by atoms with Gasteiger partial charge in [0.15, 0.2) is 5.96 Å². The van der Waals surface area contributed by atoms with Gasteiger partial charge in [0.25, 0.3) is 0 Å². The van der Waals surface area contributed by atoms with Crippen molar-refractivity contribution in [1.29, 1.82) is 0 Å². The molecule has 6 nitrogen and oxygen atoms in total. The molecule has 25 heavy (non-hydrogen) atoms. The van der Waals surface area contributed by atoms with Crippen molar-refractivity contribution in [1.82, 2.24) is 15.6 Å². The first-order valence-corrected chi connectivity index (χ1v) is 8.79. The standard InChI is InChI=1S/C17H24N4O2S.HI/c1-4-18-17(20-11-16-13(2)21-12-24-16)19-9-10-23-15-7-5-14(22-3)6-8-15;/h5-8,12H,4,9-11H2,1-3H3,(H2,18,19,20);1H. The highest BCUT2D eigenvalue weighted by atomic mass is 127. The zero-order chi connectivity index (χ0) is 17.2. The Hall–Kier alpha value is -1.55. The maximum absolute atomic E-state index is 5.69. The molecule has 2 aromatic rings. The lowest BCUT2D eigenvalue weighted by Gasteiger charge is -2.12. The molecule has 0 atom stereocenters. The van der Waals surface area contributed by atoms with Gasteiger partial charge in [0, 0.05) is 11.4 Å². The van der Waals surface area contributed by atoms with E-state index in [4.69, 9.17) is 9.47 Å². The topological polar surface area (TPSA) is 67.8 Å². The average molecular weight is 476 g/mol. The van der Waals surface area contributed by atoms with Gasteiger partial charge in [0.05, 0.1) is 31.4 Å². The van der Waals surface area contributed by atoms with Crippen LogP contribution in [0, 0.1) is 6.92 Å². The summed E-state index contributed by atoms with van der Waals surface area (Å²) in [6.45, 7) is 6.71. The van der Waals surface area contributed by atoms with E-state index in [1.54, 1.807) is 18.4 Å². The zero-order valence-electron chi connectivity index (χ0n) is 14.7. The molecule has 0 aliphatic heterocycles. The van der Waals surface area contributed by atoms with Crippen molar-refractivity contribution < 1.29 is 9.47 Å². The van der Waals surface area contributed by atoms with Crippen LogP contribution in [0.15, 0.2) is 34.8 Å². The molecule has 2 rings (SSSR count). The van der Waals surface area contributed by atoms with Gasteiger partial charge in [-0.1, -0.05) is 0 Å². The second kappa shape index (κ2) is 11.9. The normalized spacial score (nSPS) is 10.8. The molecule has 1 heterocycles. The van der Waals surface area contributed by atoms with E-state index >= 15 is 0 Å². The van der Waals surface area contributed by atoms with E-state index in [-0.39, 0.29) is 24.0 Å². The largest absolute Gasteiger partial charge is 0.497 e. The summed E-state index contributed by atoms with van der Waals surface area (Å²) < 4.78 is 10.8. The van der Waals surface area contributed by atoms with Crippen LogP contribution in [0.1, 0.15) is 17.5 Å². The molecular formula is C17H25IN4O2S. The number of aryl methyl sites for hydroxylation is 1. The Morgan fingerprint density at radius 1 is 1.20 bits per heavy atom. The third-order valence-electron chi connectivity index (χ3n) is 3.29. The Morgan fingerprint density at radius 2 is 1.92 bits per heavy atom. The molecule has 0 fully saturated rings. The summed E-state index contributed by atoms with van der Waals surface area (Å²) in [6.07, 6.45) is 0. The molecule has 0 radical (unpaired) electrons. The molecule has 0 spiro atoms. The van der Waals surface area contributed by atoms with E-state index in [0.717, 1.165) is 29.7 Å². The van der Waals surface area contributed by atoms with Gasteiger partial charge in [-0.25, -0.2) is 9.98 Å². The van der Waals surface area contributed by atoms with Crippen molar-refractivity contribution in [2.75, 3.05) is 26.8 Å². The number of nitrogens with one attached hydrogen (secondary N) is 2. The number of hydrogen-bond donors (Lipinski definition) is 2. The number of hydrogen-bond acceptors (Lipinski definition) is 5. The Morgan fingerprint density at radius 3 is 2.52 bits per heavy atom. The Balaban J connectivity index is 0.00000312. The first-order valence-electron chi connectivity index (χ1n) is 7.91. The minimum atomic E-state index is 0. The molecule has 1 aromatic carbocycles. The summed E-state index contributed by atoms with van der Waals surface area (Å²) in [5.74, 6) is 2.42. The number of benzene rings is 1. The fraction of sp³-hybridized carbons (Fsp3) is 0.412. The molecule has 0 aliphatic carbocycles. The number of nitrogens with zero attached hydrogens (tertiary/aromatic N) is 2. The first kappa shape index (κ1) is 21.5. The highest BCUT2D eigenvalue weighted by molar-refractivity contribution is 14.0. The van der Waals surface area contributed by atoms with Crippen molar-refractivity contribution in [2.45, 2.75) is 20.4 Å². The number of ether oxygens (including phenoxy) is 2. The first-order chi connectivity index (χ1) is 11.7. The van der Waals surface area contributed by atoms with Crippen molar-refractivity contribution in [3.8, 4) is 11.5 Å². The third kappa shape index (κ3) is 7.47. The molecule has 138 valence electrons. The van der Waals surface area contributed by atoms with Gasteiger partial charge in [-0.2, -0.15) is 0 Å². The van der Waals surface area contributed by atoms with Gasteiger partial charge in [-0.15, -0.1) is 35.3 Å². The highest BCUT2D eigenvalue weighted by Gasteiger charge is 2.02. The molecule has 0 saturated carbocycles. The Kier molecular flexibility index (Phi) is 10.2. The molecule has 0 unspecified atom stereocenters. The molecular weight excluding hydrogens is 451 g/mol. The van der Waals surface area contributed by atoms with Crippen LogP contribution >= 0.6 is 35.3 Å². The van der Waals surface area contributed by atoms with E-state index < -0.39 is 0 Å².